The molecule has 3 aromatic rings. The predicted octanol–water partition coefficient (Wildman–Crippen LogP) is 3.56. The molecule has 2 aliphatic rings. The standard InChI is InChI=1S/C32H35N7O3/c33-20-22-4-6-23(7-5-22)30(40)37-28-19-24(31(41)36-27-11-9-26(34)10-12-27)8-13-29(28)38-15-2-16-39(18-17-38)32(42)25-3-1-14-35-21-25/h1,3-8,13-14,19,21,26-27H,2,9-12,15-18,34H2,(H,36,41)(H,37,40). The molecule has 216 valence electrons. The molecule has 4 N–H and O–H groups in total. The van der Waals surface area contributed by atoms with Gasteiger partial charge in [0, 0.05) is 61.8 Å². The van der Waals surface area contributed by atoms with Gasteiger partial charge in [-0.3, -0.25) is 19.4 Å². The Morgan fingerprint density at radius 2 is 1.64 bits per heavy atom. The van der Waals surface area contributed by atoms with E-state index in [2.05, 4.69) is 26.6 Å². The van der Waals surface area contributed by atoms with Crippen molar-refractivity contribution in [2.75, 3.05) is 36.4 Å². The van der Waals surface area contributed by atoms with E-state index in [4.69, 9.17) is 11.0 Å². The van der Waals surface area contributed by atoms with Crippen LogP contribution in [0.4, 0.5) is 11.4 Å². The van der Waals surface area contributed by atoms with Crippen molar-refractivity contribution in [2.45, 2.75) is 44.2 Å². The normalized spacial score (nSPS) is 18.9. The highest BCUT2D eigenvalue weighted by atomic mass is 16.2. The average molecular weight is 566 g/mol. The van der Waals surface area contributed by atoms with Crippen LogP contribution in [0.25, 0.3) is 0 Å². The van der Waals surface area contributed by atoms with Crippen molar-refractivity contribution in [3.63, 3.8) is 0 Å². The van der Waals surface area contributed by atoms with Crippen molar-refractivity contribution in [2.24, 2.45) is 5.73 Å². The van der Waals surface area contributed by atoms with Crippen LogP contribution >= 0.6 is 0 Å². The molecular weight excluding hydrogens is 530 g/mol. The molecule has 0 spiro atoms. The largest absolute Gasteiger partial charge is 0.368 e. The number of carbonyl (C=O) groups excluding carboxylic acids is 3. The lowest BCUT2D eigenvalue weighted by molar-refractivity contribution is 0.0766. The summed E-state index contributed by atoms with van der Waals surface area (Å²) in [5.74, 6) is -0.599. The van der Waals surface area contributed by atoms with Crippen LogP contribution in [0.3, 0.4) is 0 Å². The molecule has 42 heavy (non-hydrogen) atoms. The van der Waals surface area contributed by atoms with Crippen molar-refractivity contribution in [3.05, 3.63) is 89.2 Å². The van der Waals surface area contributed by atoms with Crippen LogP contribution in [0.1, 0.15) is 68.7 Å². The number of benzene rings is 2. The van der Waals surface area contributed by atoms with Gasteiger partial charge in [-0.1, -0.05) is 0 Å². The van der Waals surface area contributed by atoms with E-state index < -0.39 is 0 Å². The molecule has 1 saturated carbocycles. The number of nitriles is 1. The number of amides is 3. The molecule has 10 heteroatoms. The fourth-order valence-electron chi connectivity index (χ4n) is 5.51. The quantitative estimate of drug-likeness (QED) is 0.414. The molecule has 0 radical (unpaired) electrons. The molecule has 1 aromatic heterocycles. The molecule has 2 aromatic carbocycles. The second-order valence-corrected chi connectivity index (χ2v) is 10.8. The van der Waals surface area contributed by atoms with Gasteiger partial charge in [-0.25, -0.2) is 0 Å². The van der Waals surface area contributed by atoms with E-state index in [0.29, 0.717) is 54.1 Å². The summed E-state index contributed by atoms with van der Waals surface area (Å²) in [4.78, 5) is 47.6. The van der Waals surface area contributed by atoms with Crippen LogP contribution in [0.5, 0.6) is 0 Å². The Hall–Kier alpha value is -4.75. The molecular formula is C32H35N7O3. The SMILES string of the molecule is N#Cc1ccc(C(=O)Nc2cc(C(=O)NC3CCC(N)CC3)ccc2N2CCCN(C(=O)c3cccnc3)CC2)cc1. The van der Waals surface area contributed by atoms with Crippen molar-refractivity contribution in [1.82, 2.24) is 15.2 Å². The minimum atomic E-state index is -0.345. The summed E-state index contributed by atoms with van der Waals surface area (Å²) in [6, 6.07) is 17.6. The van der Waals surface area contributed by atoms with Crippen molar-refractivity contribution >= 4 is 29.1 Å². The second-order valence-electron chi connectivity index (χ2n) is 10.8. The molecule has 2 fully saturated rings. The van der Waals surface area contributed by atoms with E-state index in [-0.39, 0.29) is 29.8 Å². The van der Waals surface area contributed by atoms with E-state index in [9.17, 15) is 14.4 Å². The van der Waals surface area contributed by atoms with Gasteiger partial charge in [0.15, 0.2) is 0 Å². The highest BCUT2D eigenvalue weighted by Crippen LogP contribution is 2.30. The molecule has 0 bridgehead atoms. The van der Waals surface area contributed by atoms with Gasteiger partial charge < -0.3 is 26.2 Å². The van der Waals surface area contributed by atoms with E-state index in [1.165, 1.54) is 0 Å². The van der Waals surface area contributed by atoms with Crippen molar-refractivity contribution < 1.29 is 14.4 Å². The minimum absolute atomic E-state index is 0.0602. The lowest BCUT2D eigenvalue weighted by Gasteiger charge is -2.28. The van der Waals surface area contributed by atoms with Gasteiger partial charge in [0.1, 0.15) is 0 Å². The van der Waals surface area contributed by atoms with E-state index in [0.717, 1.165) is 37.8 Å². The summed E-state index contributed by atoms with van der Waals surface area (Å²) < 4.78 is 0. The first-order chi connectivity index (χ1) is 20.4. The Morgan fingerprint density at radius 1 is 0.881 bits per heavy atom. The summed E-state index contributed by atoms with van der Waals surface area (Å²) in [6.07, 6.45) is 7.40. The van der Waals surface area contributed by atoms with E-state index in [1.807, 2.05) is 11.0 Å². The molecule has 2 heterocycles. The van der Waals surface area contributed by atoms with Crippen LogP contribution in [-0.4, -0.2) is 65.9 Å². The van der Waals surface area contributed by atoms with Gasteiger partial charge in [0.05, 0.1) is 28.6 Å². The molecule has 1 aliphatic carbocycles. The Kier molecular flexibility index (Phi) is 9.09. The molecule has 1 aliphatic heterocycles. The molecule has 3 amide bonds. The number of hydrogen-bond donors (Lipinski definition) is 3. The van der Waals surface area contributed by atoms with Crippen LogP contribution in [-0.2, 0) is 0 Å². The Morgan fingerprint density at radius 3 is 2.36 bits per heavy atom. The molecule has 0 unspecified atom stereocenters. The van der Waals surface area contributed by atoms with Crippen molar-refractivity contribution in [1.29, 1.82) is 5.26 Å². The number of aromatic nitrogens is 1. The van der Waals surface area contributed by atoms with Crippen LogP contribution < -0.4 is 21.3 Å². The fraction of sp³-hybridized carbons (Fsp3) is 0.344. The van der Waals surface area contributed by atoms with Crippen LogP contribution in [0.15, 0.2) is 67.0 Å². The third-order valence-corrected chi connectivity index (χ3v) is 7.92. The van der Waals surface area contributed by atoms with Crippen LogP contribution in [0, 0.1) is 11.3 Å². The Balaban J connectivity index is 1.36. The van der Waals surface area contributed by atoms with Crippen LogP contribution in [0.2, 0.25) is 0 Å². The zero-order valence-corrected chi connectivity index (χ0v) is 23.5. The minimum Gasteiger partial charge on any atom is -0.368 e. The zero-order chi connectivity index (χ0) is 29.5. The fourth-order valence-corrected chi connectivity index (χ4v) is 5.51. The number of rotatable bonds is 6. The molecule has 10 nitrogen and oxygen atoms in total. The maximum Gasteiger partial charge on any atom is 0.255 e. The maximum absolute atomic E-state index is 13.3. The van der Waals surface area contributed by atoms with E-state index >= 15 is 0 Å². The summed E-state index contributed by atoms with van der Waals surface area (Å²) in [5, 5.41) is 15.2. The molecule has 1 saturated heterocycles. The summed E-state index contributed by atoms with van der Waals surface area (Å²) in [7, 11) is 0. The maximum atomic E-state index is 13.3. The number of nitrogens with zero attached hydrogens (tertiary/aromatic N) is 4. The topological polar surface area (TPSA) is 144 Å². The first-order valence-electron chi connectivity index (χ1n) is 14.4. The first-order valence-corrected chi connectivity index (χ1v) is 14.4. The Labute approximate surface area is 245 Å². The summed E-state index contributed by atoms with van der Waals surface area (Å²) >= 11 is 0. The number of carbonyl (C=O) groups is 3. The Bertz CT molecular complexity index is 1460. The number of nitrogens with one attached hydrogen (secondary N) is 2. The third-order valence-electron chi connectivity index (χ3n) is 7.92. The first kappa shape index (κ1) is 28.8. The zero-order valence-electron chi connectivity index (χ0n) is 23.5. The highest BCUT2D eigenvalue weighted by molar-refractivity contribution is 6.07. The van der Waals surface area contributed by atoms with E-state index in [1.54, 1.807) is 60.9 Å². The van der Waals surface area contributed by atoms with Gasteiger partial charge in [-0.15, -0.1) is 0 Å². The third kappa shape index (κ3) is 6.93. The lowest BCUT2D eigenvalue weighted by Crippen LogP contribution is -2.40. The highest BCUT2D eigenvalue weighted by Gasteiger charge is 2.25. The number of anilines is 2. The van der Waals surface area contributed by atoms with Gasteiger partial charge in [-0.05, 0) is 86.7 Å². The van der Waals surface area contributed by atoms with Gasteiger partial charge >= 0.3 is 0 Å². The summed E-state index contributed by atoms with van der Waals surface area (Å²) in [6.45, 7) is 2.33. The van der Waals surface area contributed by atoms with Gasteiger partial charge in [-0.2, -0.15) is 5.26 Å². The second kappa shape index (κ2) is 13.3. The molecule has 0 atom stereocenters. The number of nitrogens with two attached hydrogens (primary N) is 1. The summed E-state index contributed by atoms with van der Waals surface area (Å²) in [5.41, 5.74) is 9.17. The predicted molar refractivity (Wildman–Crippen MR) is 160 cm³/mol. The van der Waals surface area contributed by atoms with Crippen molar-refractivity contribution in [3.8, 4) is 6.07 Å². The van der Waals surface area contributed by atoms with Gasteiger partial charge in [0.25, 0.3) is 17.7 Å². The lowest BCUT2D eigenvalue weighted by atomic mass is 9.91. The number of pyridine rings is 1. The number of hydrogen-bond acceptors (Lipinski definition) is 7. The van der Waals surface area contributed by atoms with Gasteiger partial charge in [0.2, 0.25) is 0 Å². The molecule has 5 rings (SSSR count). The monoisotopic (exact) mass is 565 g/mol. The smallest absolute Gasteiger partial charge is 0.255 e. The average Bonchev–Trinajstić information content (AvgIpc) is 3.28.